The van der Waals surface area contributed by atoms with Gasteiger partial charge in [-0.25, -0.2) is 9.67 Å². The maximum Gasteiger partial charge on any atom is 0.137 e. The Morgan fingerprint density at radius 1 is 0.689 bits per heavy atom. The topological polar surface area (TPSA) is 54.1 Å². The Bertz CT molecular complexity index is 2200. The summed E-state index contributed by atoms with van der Waals surface area (Å²) in [6.07, 6.45) is 2.70. The molecule has 4 aromatic carbocycles. The number of nitrogens with zero attached hydrogens (tertiary/aromatic N) is 4. The number of aromatic nitrogens is 4. The largest absolute Gasteiger partial charge is 0.497 e. The van der Waals surface area contributed by atoms with Gasteiger partial charge in [0.2, 0.25) is 0 Å². The van der Waals surface area contributed by atoms with Gasteiger partial charge in [-0.05, 0) is 111 Å². The van der Waals surface area contributed by atoms with Crippen LogP contribution in [-0.4, -0.2) is 26.4 Å². The highest BCUT2D eigenvalue weighted by Crippen LogP contribution is 2.38. The molecule has 0 fully saturated rings. The molecule has 0 radical (unpaired) electrons. The maximum atomic E-state index is 6.53. The van der Waals surface area contributed by atoms with Crippen molar-refractivity contribution in [2.45, 2.75) is 41.0 Å². The van der Waals surface area contributed by atoms with E-state index in [1.54, 1.807) is 7.11 Å². The number of pyridine rings is 1. The summed E-state index contributed by atoms with van der Waals surface area (Å²) in [4.78, 5) is 4.71. The molecule has 3 aromatic heterocycles. The molecular formula is C39H36N4O2. The molecule has 224 valence electrons. The van der Waals surface area contributed by atoms with Crippen LogP contribution in [0.2, 0.25) is 0 Å². The molecule has 0 spiro atoms. The normalized spacial score (nSPS) is 11.4. The number of methoxy groups -OCH3 is 1. The van der Waals surface area contributed by atoms with E-state index in [9.17, 15) is 0 Å². The first-order valence-corrected chi connectivity index (χ1v) is 15.3. The second kappa shape index (κ2) is 11.3. The number of ether oxygens (including phenoxy) is 2. The van der Waals surface area contributed by atoms with Crippen LogP contribution in [0, 0.1) is 27.7 Å². The number of aryl methyl sites for hydroxylation is 4. The zero-order valence-corrected chi connectivity index (χ0v) is 26.6. The molecule has 0 unspecified atom stereocenters. The summed E-state index contributed by atoms with van der Waals surface area (Å²) in [6.45, 7) is 10.6. The molecule has 0 amide bonds. The molecule has 0 aliphatic heterocycles. The lowest BCUT2D eigenvalue weighted by molar-refractivity contribution is 0.414. The third-order valence-electron chi connectivity index (χ3n) is 8.56. The summed E-state index contributed by atoms with van der Waals surface area (Å²) in [5.74, 6) is 3.26. The smallest absolute Gasteiger partial charge is 0.137 e. The zero-order valence-electron chi connectivity index (χ0n) is 26.6. The van der Waals surface area contributed by atoms with E-state index >= 15 is 0 Å². The van der Waals surface area contributed by atoms with E-state index in [2.05, 4.69) is 111 Å². The van der Waals surface area contributed by atoms with E-state index in [0.29, 0.717) is 0 Å². The van der Waals surface area contributed by atoms with E-state index in [4.69, 9.17) is 19.6 Å². The van der Waals surface area contributed by atoms with Crippen molar-refractivity contribution in [3.05, 3.63) is 125 Å². The fraction of sp³-hybridized carbons (Fsp3) is 0.179. The van der Waals surface area contributed by atoms with Crippen molar-refractivity contribution in [2.75, 3.05) is 7.11 Å². The Morgan fingerprint density at radius 3 is 2.20 bits per heavy atom. The molecule has 6 heteroatoms. The van der Waals surface area contributed by atoms with Crippen molar-refractivity contribution in [3.8, 4) is 39.9 Å². The van der Waals surface area contributed by atoms with Gasteiger partial charge in [0.15, 0.2) is 0 Å². The summed E-state index contributed by atoms with van der Waals surface area (Å²) in [5, 5.41) is 7.38. The standard InChI is InChI=1S/C39H36N4O2/c1-7-34-39(38-25(3)20-31(44-6)21-26(38)4)27(5)41-43(34)28-11-10-12-29(22-28)45-30-15-16-33-32-13-8-9-14-35(32)42(36(33)23-30)37-19-24(2)17-18-40-37/h8-23H,7H2,1-6H3. The predicted molar refractivity (Wildman–Crippen MR) is 183 cm³/mol. The van der Waals surface area contributed by atoms with Crippen molar-refractivity contribution in [3.63, 3.8) is 0 Å². The van der Waals surface area contributed by atoms with Crippen LogP contribution in [0.4, 0.5) is 0 Å². The number of benzene rings is 4. The summed E-state index contributed by atoms with van der Waals surface area (Å²) >= 11 is 0. The van der Waals surface area contributed by atoms with Gasteiger partial charge in [0.25, 0.3) is 0 Å². The van der Waals surface area contributed by atoms with Gasteiger partial charge in [-0.1, -0.05) is 31.2 Å². The number of hydrogen-bond acceptors (Lipinski definition) is 4. The van der Waals surface area contributed by atoms with Crippen LogP contribution in [0.5, 0.6) is 17.2 Å². The summed E-state index contributed by atoms with van der Waals surface area (Å²) in [5.41, 5.74) is 11.2. The molecule has 6 nitrogen and oxygen atoms in total. The predicted octanol–water partition coefficient (Wildman–Crippen LogP) is 9.63. The first kappa shape index (κ1) is 28.4. The Hall–Kier alpha value is -5.36. The Kier molecular flexibility index (Phi) is 7.13. The highest BCUT2D eigenvalue weighted by molar-refractivity contribution is 6.09. The van der Waals surface area contributed by atoms with E-state index in [1.165, 1.54) is 27.6 Å². The van der Waals surface area contributed by atoms with Crippen LogP contribution in [0.25, 0.3) is 44.4 Å². The van der Waals surface area contributed by atoms with Gasteiger partial charge in [0.05, 0.1) is 35.2 Å². The van der Waals surface area contributed by atoms with Gasteiger partial charge in [0, 0.05) is 34.7 Å². The molecule has 0 aliphatic carbocycles. The van der Waals surface area contributed by atoms with Gasteiger partial charge in [-0.3, -0.25) is 4.57 Å². The molecule has 0 saturated carbocycles. The van der Waals surface area contributed by atoms with E-state index in [1.807, 2.05) is 30.5 Å². The zero-order chi connectivity index (χ0) is 31.2. The second-order valence-electron chi connectivity index (χ2n) is 11.6. The summed E-state index contributed by atoms with van der Waals surface area (Å²) in [6, 6.07) is 31.2. The third-order valence-corrected chi connectivity index (χ3v) is 8.56. The second-order valence-corrected chi connectivity index (χ2v) is 11.6. The van der Waals surface area contributed by atoms with Crippen LogP contribution in [0.3, 0.4) is 0 Å². The van der Waals surface area contributed by atoms with E-state index in [-0.39, 0.29) is 0 Å². The molecule has 0 saturated heterocycles. The number of fused-ring (bicyclic) bond motifs is 3. The highest BCUT2D eigenvalue weighted by atomic mass is 16.5. The highest BCUT2D eigenvalue weighted by Gasteiger charge is 2.21. The van der Waals surface area contributed by atoms with E-state index in [0.717, 1.165) is 68.5 Å². The Balaban J connectivity index is 1.29. The Labute approximate surface area is 263 Å². The molecule has 45 heavy (non-hydrogen) atoms. The van der Waals surface area contributed by atoms with Gasteiger partial charge in [-0.2, -0.15) is 5.10 Å². The molecule has 7 rings (SSSR count). The van der Waals surface area contributed by atoms with Crippen molar-refractivity contribution >= 4 is 21.8 Å². The lowest BCUT2D eigenvalue weighted by Crippen LogP contribution is -2.03. The van der Waals surface area contributed by atoms with Crippen molar-refractivity contribution in [2.24, 2.45) is 0 Å². The molecule has 0 N–H and O–H groups in total. The lowest BCUT2D eigenvalue weighted by Gasteiger charge is -2.15. The average molecular weight is 593 g/mol. The number of rotatable bonds is 7. The SMILES string of the molecule is CCc1c(-c2c(C)cc(OC)cc2C)c(C)nn1-c1cccc(Oc2ccc3c4ccccc4n(-c4cc(C)ccn4)c3c2)c1. The average Bonchev–Trinajstić information content (AvgIpc) is 3.54. The van der Waals surface area contributed by atoms with Crippen molar-refractivity contribution in [1.29, 1.82) is 0 Å². The quantitative estimate of drug-likeness (QED) is 0.185. The van der Waals surface area contributed by atoms with Gasteiger partial charge in [0.1, 0.15) is 23.1 Å². The number of hydrogen-bond donors (Lipinski definition) is 0. The number of para-hydroxylation sites is 1. The first-order chi connectivity index (χ1) is 21.9. The molecule has 0 aliphatic rings. The first-order valence-electron chi connectivity index (χ1n) is 15.3. The molecule has 0 bridgehead atoms. The fourth-order valence-electron chi connectivity index (χ4n) is 6.59. The molecule has 7 aromatic rings. The minimum Gasteiger partial charge on any atom is -0.497 e. The van der Waals surface area contributed by atoms with Crippen LogP contribution >= 0.6 is 0 Å². The summed E-state index contributed by atoms with van der Waals surface area (Å²) < 4.78 is 16.3. The minimum atomic E-state index is 0.747. The van der Waals surface area contributed by atoms with Crippen molar-refractivity contribution < 1.29 is 9.47 Å². The van der Waals surface area contributed by atoms with Crippen LogP contribution in [-0.2, 0) is 6.42 Å². The van der Waals surface area contributed by atoms with E-state index < -0.39 is 0 Å². The fourth-order valence-corrected chi connectivity index (χ4v) is 6.59. The van der Waals surface area contributed by atoms with Crippen LogP contribution in [0.15, 0.2) is 97.2 Å². The van der Waals surface area contributed by atoms with Crippen molar-refractivity contribution in [1.82, 2.24) is 19.3 Å². The van der Waals surface area contributed by atoms with Gasteiger partial charge >= 0.3 is 0 Å². The van der Waals surface area contributed by atoms with Gasteiger partial charge in [-0.15, -0.1) is 0 Å². The monoisotopic (exact) mass is 592 g/mol. The third kappa shape index (κ3) is 4.92. The maximum absolute atomic E-state index is 6.53. The molecule has 0 atom stereocenters. The van der Waals surface area contributed by atoms with Crippen LogP contribution in [0.1, 0.15) is 35.0 Å². The molecule has 3 heterocycles. The summed E-state index contributed by atoms with van der Waals surface area (Å²) in [7, 11) is 1.71. The minimum absolute atomic E-state index is 0.747. The van der Waals surface area contributed by atoms with Crippen LogP contribution < -0.4 is 9.47 Å². The van der Waals surface area contributed by atoms with Gasteiger partial charge < -0.3 is 9.47 Å². The lowest BCUT2D eigenvalue weighted by atomic mass is 9.93. The molecular weight excluding hydrogens is 556 g/mol. The Morgan fingerprint density at radius 2 is 1.44 bits per heavy atom.